The Bertz CT molecular complexity index is 1050. The molecule has 3 heteroatoms. The fourth-order valence-electron chi connectivity index (χ4n) is 5.73. The lowest BCUT2D eigenvalue weighted by molar-refractivity contribution is -0.122. The Balaban J connectivity index is 1.25. The smallest absolute Gasteiger partial charge is 0.141 e. The molecule has 148 valence electrons. The highest BCUT2D eigenvalue weighted by molar-refractivity contribution is 7.11. The summed E-state index contributed by atoms with van der Waals surface area (Å²) in [4.78, 5) is 15.8. The second-order valence-electron chi connectivity index (χ2n) is 8.51. The van der Waals surface area contributed by atoms with Gasteiger partial charge in [0.2, 0.25) is 0 Å². The average Bonchev–Trinajstić information content (AvgIpc) is 3.55. The third-order valence-corrected chi connectivity index (χ3v) is 8.64. The van der Waals surface area contributed by atoms with Crippen LogP contribution >= 0.6 is 22.7 Å². The van der Waals surface area contributed by atoms with Gasteiger partial charge < -0.3 is 0 Å². The molecule has 0 saturated heterocycles. The second kappa shape index (κ2) is 7.33. The maximum Gasteiger partial charge on any atom is 0.141 e. The maximum atomic E-state index is 13.2. The lowest BCUT2D eigenvalue weighted by Gasteiger charge is -2.38. The van der Waals surface area contributed by atoms with E-state index >= 15 is 0 Å². The number of ketones is 1. The van der Waals surface area contributed by atoms with Crippen LogP contribution in [0.15, 0.2) is 94.8 Å². The van der Waals surface area contributed by atoms with Gasteiger partial charge in [-0.15, -0.1) is 22.7 Å². The zero-order chi connectivity index (χ0) is 20.1. The predicted octanol–water partition coefficient (Wildman–Crippen LogP) is 6.82. The van der Waals surface area contributed by atoms with Crippen molar-refractivity contribution in [3.05, 3.63) is 105 Å². The molecule has 2 aromatic rings. The summed E-state index contributed by atoms with van der Waals surface area (Å²) in [6.07, 6.45) is 22.5. The Kier molecular flexibility index (Phi) is 4.47. The van der Waals surface area contributed by atoms with Gasteiger partial charge in [-0.2, -0.15) is 0 Å². The van der Waals surface area contributed by atoms with Crippen molar-refractivity contribution in [3.63, 3.8) is 0 Å². The molecule has 0 aromatic carbocycles. The molecule has 0 amide bonds. The molecule has 0 aliphatic heterocycles. The van der Waals surface area contributed by atoms with Gasteiger partial charge in [-0.25, -0.2) is 0 Å². The first-order valence-electron chi connectivity index (χ1n) is 10.5. The Hall–Kier alpha value is -2.49. The first-order valence-corrected chi connectivity index (χ1v) is 12.3. The van der Waals surface area contributed by atoms with Crippen LogP contribution in [-0.4, -0.2) is 5.78 Å². The number of fused-ring (bicyclic) bond motifs is 8. The van der Waals surface area contributed by atoms with E-state index in [0.29, 0.717) is 29.5 Å². The zero-order valence-electron chi connectivity index (χ0n) is 16.4. The molecular weight excluding hydrogens is 404 g/mol. The molecule has 2 aromatic heterocycles. The minimum absolute atomic E-state index is 0.135. The Labute approximate surface area is 185 Å². The molecule has 2 heterocycles. The summed E-state index contributed by atoms with van der Waals surface area (Å²) in [5.74, 6) is 2.15. The van der Waals surface area contributed by atoms with Crippen LogP contribution in [0.2, 0.25) is 0 Å². The molecule has 2 saturated carbocycles. The van der Waals surface area contributed by atoms with Crippen LogP contribution in [0.4, 0.5) is 0 Å². The quantitative estimate of drug-likeness (QED) is 0.524. The van der Waals surface area contributed by atoms with Crippen LogP contribution < -0.4 is 0 Å². The van der Waals surface area contributed by atoms with Gasteiger partial charge >= 0.3 is 0 Å². The SMILES string of the molecule is O=C1[C@@H]2C3C=CC(C=Cc4cccs4)=CC3[C@H]1C1C=CC(C=Cc3cccs3)=CC12. The molecule has 4 unspecified atom stereocenters. The Morgan fingerprint density at radius 2 is 1.17 bits per heavy atom. The highest BCUT2D eigenvalue weighted by atomic mass is 32.1. The summed E-state index contributed by atoms with van der Waals surface area (Å²) in [5.41, 5.74) is 2.47. The van der Waals surface area contributed by atoms with E-state index in [1.807, 2.05) is 0 Å². The topological polar surface area (TPSA) is 17.1 Å². The second-order valence-corrected chi connectivity index (χ2v) is 10.5. The van der Waals surface area contributed by atoms with Gasteiger partial charge in [0.15, 0.2) is 0 Å². The van der Waals surface area contributed by atoms with Gasteiger partial charge in [-0.3, -0.25) is 4.79 Å². The first kappa shape index (κ1) is 18.3. The maximum absolute atomic E-state index is 13.2. The van der Waals surface area contributed by atoms with Crippen molar-refractivity contribution in [2.24, 2.45) is 35.5 Å². The fraction of sp³-hybridized carbons (Fsp3) is 0.222. The standard InChI is InChI=1S/C27H22OS2/c28-27-25-22-12-8-18(6-10-20-4-2-14-30-20)16-24(22)26(27)21-11-7-17(15-23(21)25)5-9-19-3-1-13-29-19/h1-16,21-26H/t21?,22?,23?,24?,25-,26-/m1/s1. The third kappa shape index (κ3) is 3.00. The number of rotatable bonds is 4. The van der Waals surface area contributed by atoms with Crippen LogP contribution in [0.5, 0.6) is 0 Å². The van der Waals surface area contributed by atoms with E-state index in [-0.39, 0.29) is 11.8 Å². The largest absolute Gasteiger partial charge is 0.299 e. The van der Waals surface area contributed by atoms with Gasteiger partial charge in [0.25, 0.3) is 0 Å². The Morgan fingerprint density at radius 1 is 0.667 bits per heavy atom. The molecule has 1 nitrogen and oxygen atoms in total. The monoisotopic (exact) mass is 426 g/mol. The first-order chi connectivity index (χ1) is 14.8. The van der Waals surface area contributed by atoms with E-state index in [9.17, 15) is 4.79 Å². The molecule has 30 heavy (non-hydrogen) atoms. The minimum Gasteiger partial charge on any atom is -0.299 e. The van der Waals surface area contributed by atoms with Crippen molar-refractivity contribution in [1.29, 1.82) is 0 Å². The summed E-state index contributed by atoms with van der Waals surface area (Å²) in [7, 11) is 0. The summed E-state index contributed by atoms with van der Waals surface area (Å²) < 4.78 is 0. The van der Waals surface area contributed by atoms with Gasteiger partial charge in [0.1, 0.15) is 5.78 Å². The van der Waals surface area contributed by atoms with Gasteiger partial charge in [0.05, 0.1) is 0 Å². The van der Waals surface area contributed by atoms with Gasteiger partial charge in [0, 0.05) is 21.6 Å². The number of Topliss-reactive ketones (excluding diaryl/α,β-unsaturated/α-hetero) is 1. The van der Waals surface area contributed by atoms with Gasteiger partial charge in [-0.1, -0.05) is 60.7 Å². The minimum atomic E-state index is 0.135. The molecule has 6 atom stereocenters. The summed E-state index contributed by atoms with van der Waals surface area (Å²) in [6, 6.07) is 8.42. The third-order valence-electron chi connectivity index (χ3n) is 6.96. The van der Waals surface area contributed by atoms with E-state index in [1.165, 1.54) is 20.9 Å². The highest BCUT2D eigenvalue weighted by Gasteiger charge is 2.61. The normalized spacial score (nSPS) is 33.9. The van der Waals surface area contributed by atoms with E-state index < -0.39 is 0 Å². The highest BCUT2D eigenvalue weighted by Crippen LogP contribution is 2.60. The molecule has 2 fully saturated rings. The molecule has 0 N–H and O–H groups in total. The Morgan fingerprint density at radius 3 is 1.60 bits per heavy atom. The number of carbonyl (C=O) groups excluding carboxylic acids is 1. The van der Waals surface area contributed by atoms with Crippen molar-refractivity contribution < 1.29 is 4.79 Å². The molecule has 0 spiro atoms. The summed E-state index contributed by atoms with van der Waals surface area (Å²) in [5, 5.41) is 4.20. The number of hydrogen-bond acceptors (Lipinski definition) is 3. The molecule has 4 aliphatic carbocycles. The zero-order valence-corrected chi connectivity index (χ0v) is 18.1. The number of carbonyl (C=O) groups is 1. The number of thiophene rings is 2. The molecule has 4 aliphatic rings. The number of hydrogen-bond donors (Lipinski definition) is 0. The van der Waals surface area contributed by atoms with Gasteiger partial charge in [-0.05, 0) is 69.9 Å². The van der Waals surface area contributed by atoms with E-state index in [1.54, 1.807) is 22.7 Å². The van der Waals surface area contributed by atoms with E-state index in [4.69, 9.17) is 0 Å². The lowest BCUT2D eigenvalue weighted by atomic mass is 9.65. The van der Waals surface area contributed by atoms with Crippen LogP contribution in [0.1, 0.15) is 9.75 Å². The van der Waals surface area contributed by atoms with E-state index in [2.05, 4.69) is 95.8 Å². The van der Waals surface area contributed by atoms with E-state index in [0.717, 1.165) is 0 Å². The molecule has 6 rings (SSSR count). The van der Waals surface area contributed by atoms with Crippen LogP contribution in [-0.2, 0) is 4.79 Å². The van der Waals surface area contributed by atoms with Crippen LogP contribution in [0.25, 0.3) is 12.2 Å². The molecule has 0 radical (unpaired) electrons. The predicted molar refractivity (Wildman–Crippen MR) is 127 cm³/mol. The summed E-state index contributed by atoms with van der Waals surface area (Å²) >= 11 is 3.50. The average molecular weight is 427 g/mol. The molecule has 2 bridgehead atoms. The number of allylic oxidation sites excluding steroid dienone is 10. The molecular formula is C27H22OS2. The van der Waals surface area contributed by atoms with Crippen molar-refractivity contribution in [2.75, 3.05) is 0 Å². The van der Waals surface area contributed by atoms with Crippen LogP contribution in [0.3, 0.4) is 0 Å². The van der Waals surface area contributed by atoms with Crippen molar-refractivity contribution in [2.45, 2.75) is 0 Å². The summed E-state index contributed by atoms with van der Waals surface area (Å²) in [6.45, 7) is 0. The van der Waals surface area contributed by atoms with Crippen molar-refractivity contribution >= 4 is 40.6 Å². The fourth-order valence-corrected chi connectivity index (χ4v) is 6.96. The van der Waals surface area contributed by atoms with Crippen molar-refractivity contribution in [3.8, 4) is 0 Å². The lowest BCUT2D eigenvalue weighted by Crippen LogP contribution is -2.33. The van der Waals surface area contributed by atoms with Crippen molar-refractivity contribution in [1.82, 2.24) is 0 Å². The van der Waals surface area contributed by atoms with Crippen LogP contribution in [0, 0.1) is 35.5 Å².